The van der Waals surface area contributed by atoms with Gasteiger partial charge >= 0.3 is 0 Å². The molecule has 0 unspecified atom stereocenters. The van der Waals surface area contributed by atoms with E-state index in [-0.39, 0.29) is 27.0 Å². The molecule has 0 bridgehead atoms. The van der Waals surface area contributed by atoms with Crippen LogP contribution in [0.4, 0.5) is 0 Å². The Morgan fingerprint density at radius 1 is 1.22 bits per heavy atom. The Kier molecular flexibility index (Phi) is 6.25. The number of halogens is 1. The van der Waals surface area contributed by atoms with Crippen molar-refractivity contribution in [1.82, 2.24) is 4.90 Å². The van der Waals surface area contributed by atoms with Crippen LogP contribution in [0.15, 0.2) is 28.4 Å². The van der Waals surface area contributed by atoms with Crippen molar-refractivity contribution in [2.45, 2.75) is 37.1 Å². The first kappa shape index (κ1) is 20.3. The number of ketones is 1. The summed E-state index contributed by atoms with van der Waals surface area (Å²) in [6, 6.07) is 2.91. The van der Waals surface area contributed by atoms with Gasteiger partial charge in [-0.15, -0.1) is 0 Å². The largest absolute Gasteiger partial charge is 0.512 e. The van der Waals surface area contributed by atoms with Gasteiger partial charge in [-0.1, -0.05) is 11.6 Å². The van der Waals surface area contributed by atoms with Crippen molar-refractivity contribution >= 4 is 27.2 Å². The summed E-state index contributed by atoms with van der Waals surface area (Å²) < 4.78 is 29.8. The number of carbonyl (C=O) groups is 1. The zero-order chi connectivity index (χ0) is 19.6. The average Bonchev–Trinajstić information content (AvgIpc) is 2.63. The van der Waals surface area contributed by atoms with Crippen molar-refractivity contribution in [2.75, 3.05) is 32.6 Å². The number of morpholine rings is 1. The van der Waals surface area contributed by atoms with Crippen molar-refractivity contribution in [3.05, 3.63) is 39.6 Å². The Morgan fingerprint density at radius 3 is 2.52 bits per heavy atom. The summed E-state index contributed by atoms with van der Waals surface area (Å²) in [5, 5.41) is 10.3. The molecule has 2 aliphatic rings. The Morgan fingerprint density at radius 2 is 1.89 bits per heavy atom. The van der Waals surface area contributed by atoms with Gasteiger partial charge in [0.05, 0.1) is 28.9 Å². The van der Waals surface area contributed by atoms with E-state index >= 15 is 0 Å². The Bertz CT molecular complexity index is 872. The lowest BCUT2D eigenvalue weighted by atomic mass is 9.91. The number of sulfone groups is 1. The topological polar surface area (TPSA) is 83.9 Å². The Labute approximate surface area is 164 Å². The number of ether oxygens (including phenoxy) is 1. The van der Waals surface area contributed by atoms with E-state index < -0.39 is 9.84 Å². The van der Waals surface area contributed by atoms with Crippen LogP contribution in [0.3, 0.4) is 0 Å². The number of carbonyl (C=O) groups excluding carboxylic acids is 1. The summed E-state index contributed by atoms with van der Waals surface area (Å²) in [4.78, 5) is 15.1. The van der Waals surface area contributed by atoms with Crippen molar-refractivity contribution in [3.63, 3.8) is 0 Å². The van der Waals surface area contributed by atoms with E-state index in [1.165, 1.54) is 12.1 Å². The number of aliphatic hydroxyl groups is 1. The summed E-state index contributed by atoms with van der Waals surface area (Å²) in [6.45, 7) is 2.82. The molecule has 1 aromatic rings. The molecule has 1 aliphatic heterocycles. The van der Waals surface area contributed by atoms with Crippen LogP contribution in [-0.2, 0) is 21.1 Å². The first-order valence-electron chi connectivity index (χ1n) is 9.06. The molecule has 6 nitrogen and oxygen atoms in total. The van der Waals surface area contributed by atoms with E-state index in [0.717, 1.165) is 19.1 Å². The highest BCUT2D eigenvalue weighted by Gasteiger charge is 2.27. The summed E-state index contributed by atoms with van der Waals surface area (Å²) >= 11 is 6.55. The van der Waals surface area contributed by atoms with Crippen LogP contribution in [-0.4, -0.2) is 56.8 Å². The molecular formula is C19H24ClNO5S. The number of hydrogen-bond acceptors (Lipinski definition) is 6. The first-order chi connectivity index (χ1) is 12.8. The fourth-order valence-corrected chi connectivity index (χ4v) is 4.85. The van der Waals surface area contributed by atoms with Gasteiger partial charge in [0.2, 0.25) is 0 Å². The Balaban J connectivity index is 2.03. The van der Waals surface area contributed by atoms with Crippen LogP contribution in [0.2, 0.25) is 5.02 Å². The van der Waals surface area contributed by atoms with Crippen LogP contribution >= 0.6 is 11.6 Å². The maximum absolute atomic E-state index is 13.0. The lowest BCUT2D eigenvalue weighted by Crippen LogP contribution is -2.36. The standard InChI is InChI=1S/C19H24ClNO5S/c1-27(24,25)17-7-6-14(19(23)13-4-2-3-5-16(13)22)18(20)15(17)12-21-8-10-26-11-9-21/h6-7,22H,2-5,8-12H2,1H3. The van der Waals surface area contributed by atoms with E-state index in [9.17, 15) is 18.3 Å². The van der Waals surface area contributed by atoms with Crippen molar-refractivity contribution < 1.29 is 23.1 Å². The van der Waals surface area contributed by atoms with E-state index in [4.69, 9.17) is 16.3 Å². The molecule has 148 valence electrons. The van der Waals surface area contributed by atoms with Gasteiger partial charge in [-0.05, 0) is 31.4 Å². The lowest BCUT2D eigenvalue weighted by molar-refractivity contribution is 0.0338. The fraction of sp³-hybridized carbons (Fsp3) is 0.526. The van der Waals surface area contributed by atoms with Gasteiger partial charge < -0.3 is 9.84 Å². The molecule has 1 aromatic carbocycles. The second-order valence-corrected chi connectivity index (χ2v) is 9.39. The third-order valence-corrected chi connectivity index (χ3v) is 6.66. The van der Waals surface area contributed by atoms with Crippen LogP contribution < -0.4 is 0 Å². The second-order valence-electron chi connectivity index (χ2n) is 7.03. The van der Waals surface area contributed by atoms with E-state index in [1.807, 2.05) is 0 Å². The number of aliphatic hydroxyl groups excluding tert-OH is 1. The van der Waals surface area contributed by atoms with Crippen LogP contribution in [0.25, 0.3) is 0 Å². The highest BCUT2D eigenvalue weighted by molar-refractivity contribution is 7.90. The quantitative estimate of drug-likeness (QED) is 0.746. The molecule has 1 aliphatic carbocycles. The van der Waals surface area contributed by atoms with Gasteiger partial charge in [-0.3, -0.25) is 9.69 Å². The van der Waals surface area contributed by atoms with Gasteiger partial charge in [0.15, 0.2) is 15.6 Å². The molecule has 0 saturated carbocycles. The SMILES string of the molecule is CS(=O)(=O)c1ccc(C(=O)C2=C(O)CCCC2)c(Cl)c1CN1CCOCC1. The average molecular weight is 414 g/mol. The number of benzene rings is 1. The lowest BCUT2D eigenvalue weighted by Gasteiger charge is -2.28. The number of hydrogen-bond donors (Lipinski definition) is 1. The molecule has 8 heteroatoms. The van der Waals surface area contributed by atoms with Crippen LogP contribution in [0.1, 0.15) is 41.6 Å². The van der Waals surface area contributed by atoms with E-state index in [1.54, 1.807) is 0 Å². The van der Waals surface area contributed by atoms with Gasteiger partial charge in [0, 0.05) is 49.0 Å². The zero-order valence-electron chi connectivity index (χ0n) is 15.3. The second kappa shape index (κ2) is 8.31. The third-order valence-electron chi connectivity index (χ3n) is 5.04. The van der Waals surface area contributed by atoms with Crippen molar-refractivity contribution in [3.8, 4) is 0 Å². The minimum absolute atomic E-state index is 0.115. The highest BCUT2D eigenvalue weighted by Crippen LogP contribution is 2.33. The van der Waals surface area contributed by atoms with Crippen molar-refractivity contribution in [2.24, 2.45) is 0 Å². The summed E-state index contributed by atoms with van der Waals surface area (Å²) in [5.74, 6) is -0.204. The summed E-state index contributed by atoms with van der Waals surface area (Å²) in [5.41, 5.74) is 1.06. The molecule has 0 radical (unpaired) electrons. The normalized spacial score (nSPS) is 19.3. The molecule has 1 N–H and O–H groups in total. The number of Topliss-reactive ketones (excluding diaryl/α,β-unsaturated/α-hetero) is 1. The molecule has 1 heterocycles. The zero-order valence-corrected chi connectivity index (χ0v) is 16.9. The maximum atomic E-state index is 13.0. The predicted molar refractivity (Wildman–Crippen MR) is 103 cm³/mol. The number of nitrogens with zero attached hydrogens (tertiary/aromatic N) is 1. The smallest absolute Gasteiger partial charge is 0.193 e. The van der Waals surface area contributed by atoms with E-state index in [0.29, 0.717) is 56.8 Å². The molecule has 0 spiro atoms. The van der Waals surface area contributed by atoms with Crippen LogP contribution in [0, 0.1) is 0 Å². The molecule has 3 rings (SSSR count). The molecule has 27 heavy (non-hydrogen) atoms. The molecular weight excluding hydrogens is 390 g/mol. The summed E-state index contributed by atoms with van der Waals surface area (Å²) in [7, 11) is -3.50. The Hall–Kier alpha value is -1.41. The van der Waals surface area contributed by atoms with Gasteiger partial charge in [-0.25, -0.2) is 8.42 Å². The summed E-state index contributed by atoms with van der Waals surface area (Å²) in [6.07, 6.45) is 3.82. The van der Waals surface area contributed by atoms with E-state index in [2.05, 4.69) is 4.90 Å². The van der Waals surface area contributed by atoms with Crippen molar-refractivity contribution in [1.29, 1.82) is 0 Å². The first-order valence-corrected chi connectivity index (χ1v) is 11.3. The van der Waals surface area contributed by atoms with Gasteiger partial charge in [0.1, 0.15) is 0 Å². The molecule has 0 aromatic heterocycles. The highest BCUT2D eigenvalue weighted by atomic mass is 35.5. The van der Waals surface area contributed by atoms with Crippen LogP contribution in [0.5, 0.6) is 0 Å². The number of rotatable bonds is 5. The minimum Gasteiger partial charge on any atom is -0.512 e. The monoisotopic (exact) mass is 413 g/mol. The van der Waals surface area contributed by atoms with Gasteiger partial charge in [0.25, 0.3) is 0 Å². The molecule has 1 saturated heterocycles. The maximum Gasteiger partial charge on any atom is 0.193 e. The number of allylic oxidation sites excluding steroid dienone is 2. The molecule has 1 fully saturated rings. The third kappa shape index (κ3) is 4.54. The van der Waals surface area contributed by atoms with Gasteiger partial charge in [-0.2, -0.15) is 0 Å². The molecule has 0 atom stereocenters. The molecule has 0 amide bonds. The predicted octanol–water partition coefficient (Wildman–Crippen LogP) is 3.14. The fourth-order valence-electron chi connectivity index (χ4n) is 3.55. The minimum atomic E-state index is -3.50.